The number of aromatic nitrogens is 2. The molecule has 68 valence electrons. The summed E-state index contributed by atoms with van der Waals surface area (Å²) < 4.78 is 0. The van der Waals surface area contributed by atoms with Gasteiger partial charge in [-0.1, -0.05) is 6.07 Å². The summed E-state index contributed by atoms with van der Waals surface area (Å²) in [5, 5.41) is 16.0. The van der Waals surface area contributed by atoms with Gasteiger partial charge in [0.05, 0.1) is 17.3 Å². The zero-order valence-electron chi connectivity index (χ0n) is 6.52. The minimum absolute atomic E-state index is 0. The van der Waals surface area contributed by atoms with Gasteiger partial charge in [0.25, 0.3) is 0 Å². The van der Waals surface area contributed by atoms with Crippen molar-refractivity contribution >= 4 is 29.3 Å². The third-order valence-corrected chi connectivity index (χ3v) is 1.69. The first kappa shape index (κ1) is 9.54. The number of carboxylic acids is 1. The number of carboxylic acid groups (broad SMARTS) is 1. The van der Waals surface area contributed by atoms with Crippen LogP contribution in [0.3, 0.4) is 0 Å². The Kier molecular flexibility index (Phi) is 2.53. The summed E-state index contributed by atoms with van der Waals surface area (Å²) in [5.74, 6) is -0.925. The quantitative estimate of drug-likeness (QED) is 0.733. The fourth-order valence-corrected chi connectivity index (χ4v) is 1.07. The van der Waals surface area contributed by atoms with Crippen LogP contribution >= 0.6 is 12.4 Å². The fraction of sp³-hybridized carbons (Fsp3) is 0. The minimum atomic E-state index is -0.925. The molecular weight excluding hydrogens is 192 g/mol. The second-order valence-corrected chi connectivity index (χ2v) is 2.48. The van der Waals surface area contributed by atoms with Gasteiger partial charge in [0.2, 0.25) is 0 Å². The number of rotatable bonds is 1. The van der Waals surface area contributed by atoms with Gasteiger partial charge in [-0.2, -0.15) is 5.10 Å². The Balaban J connectivity index is 0.000000845. The second-order valence-electron chi connectivity index (χ2n) is 2.48. The van der Waals surface area contributed by atoms with Crippen LogP contribution in [-0.4, -0.2) is 21.3 Å². The molecule has 0 spiro atoms. The number of nitrogens with zero attached hydrogens (tertiary/aromatic N) is 1. The monoisotopic (exact) mass is 198 g/mol. The molecule has 0 aliphatic heterocycles. The van der Waals surface area contributed by atoms with E-state index in [1.165, 1.54) is 0 Å². The van der Waals surface area contributed by atoms with E-state index in [-0.39, 0.29) is 18.0 Å². The van der Waals surface area contributed by atoms with Crippen molar-refractivity contribution in [2.75, 3.05) is 0 Å². The number of carbonyl (C=O) groups is 1. The Hall–Kier alpha value is -1.55. The van der Waals surface area contributed by atoms with Gasteiger partial charge in [0.15, 0.2) is 0 Å². The highest BCUT2D eigenvalue weighted by Gasteiger charge is 2.03. The Morgan fingerprint density at radius 3 is 2.92 bits per heavy atom. The van der Waals surface area contributed by atoms with E-state index in [4.69, 9.17) is 5.11 Å². The smallest absolute Gasteiger partial charge is 0.335 e. The lowest BCUT2D eigenvalue weighted by Gasteiger charge is -1.92. The third kappa shape index (κ3) is 1.62. The molecule has 1 heterocycles. The summed E-state index contributed by atoms with van der Waals surface area (Å²) in [7, 11) is 0. The van der Waals surface area contributed by atoms with Gasteiger partial charge >= 0.3 is 5.97 Å². The van der Waals surface area contributed by atoms with Crippen LogP contribution in [0.25, 0.3) is 10.9 Å². The molecule has 13 heavy (non-hydrogen) atoms. The number of aromatic amines is 1. The lowest BCUT2D eigenvalue weighted by atomic mass is 10.2. The second kappa shape index (κ2) is 3.45. The van der Waals surface area contributed by atoms with Crippen molar-refractivity contribution in [3.63, 3.8) is 0 Å². The van der Waals surface area contributed by atoms with E-state index in [0.29, 0.717) is 0 Å². The highest BCUT2D eigenvalue weighted by molar-refractivity contribution is 5.92. The van der Waals surface area contributed by atoms with E-state index in [1.807, 2.05) is 0 Å². The van der Waals surface area contributed by atoms with Crippen LogP contribution in [0.15, 0.2) is 24.4 Å². The molecule has 0 amide bonds. The van der Waals surface area contributed by atoms with Crippen molar-refractivity contribution in [2.24, 2.45) is 0 Å². The number of H-pyrrole nitrogens is 1. The first-order chi connectivity index (χ1) is 5.77. The number of fused-ring (bicyclic) bond motifs is 1. The molecule has 0 aliphatic rings. The van der Waals surface area contributed by atoms with E-state index in [2.05, 4.69) is 10.2 Å². The van der Waals surface area contributed by atoms with Crippen molar-refractivity contribution in [1.29, 1.82) is 0 Å². The first-order valence-corrected chi connectivity index (χ1v) is 3.44. The van der Waals surface area contributed by atoms with Crippen LogP contribution in [0.1, 0.15) is 10.4 Å². The minimum Gasteiger partial charge on any atom is -0.478 e. The van der Waals surface area contributed by atoms with E-state index in [0.717, 1.165) is 10.9 Å². The van der Waals surface area contributed by atoms with Gasteiger partial charge in [-0.15, -0.1) is 12.4 Å². The van der Waals surface area contributed by atoms with Gasteiger partial charge in [0.1, 0.15) is 0 Å². The SMILES string of the molecule is Cl.O=C(O)c1ccc2cn[nH]c2c1. The highest BCUT2D eigenvalue weighted by Crippen LogP contribution is 2.12. The van der Waals surface area contributed by atoms with Crippen LogP contribution < -0.4 is 0 Å². The Morgan fingerprint density at radius 2 is 2.23 bits per heavy atom. The predicted octanol–water partition coefficient (Wildman–Crippen LogP) is 1.68. The fourth-order valence-electron chi connectivity index (χ4n) is 1.07. The molecular formula is C8H7ClN2O2. The van der Waals surface area contributed by atoms with Crippen molar-refractivity contribution in [1.82, 2.24) is 10.2 Å². The van der Waals surface area contributed by atoms with Gasteiger partial charge in [-0.25, -0.2) is 4.79 Å². The average molecular weight is 199 g/mol. The molecule has 4 nitrogen and oxygen atoms in total. The number of nitrogens with one attached hydrogen (secondary N) is 1. The molecule has 0 saturated carbocycles. The summed E-state index contributed by atoms with van der Waals surface area (Å²) in [6, 6.07) is 4.84. The summed E-state index contributed by atoms with van der Waals surface area (Å²) in [4.78, 5) is 10.5. The summed E-state index contributed by atoms with van der Waals surface area (Å²) >= 11 is 0. The van der Waals surface area contributed by atoms with Crippen LogP contribution in [0.2, 0.25) is 0 Å². The highest BCUT2D eigenvalue weighted by atomic mass is 35.5. The van der Waals surface area contributed by atoms with Gasteiger partial charge in [0, 0.05) is 5.39 Å². The Labute approximate surface area is 80.0 Å². The van der Waals surface area contributed by atoms with Gasteiger partial charge in [-0.3, -0.25) is 5.10 Å². The Bertz CT molecular complexity index is 438. The molecule has 5 heteroatoms. The number of aromatic carboxylic acids is 1. The standard InChI is InChI=1S/C8H6N2O2.ClH/c11-8(12)5-1-2-6-4-9-10-7(6)3-5;/h1-4H,(H,9,10)(H,11,12);1H. The zero-order valence-corrected chi connectivity index (χ0v) is 7.34. The van der Waals surface area contributed by atoms with E-state index < -0.39 is 5.97 Å². The lowest BCUT2D eigenvalue weighted by Crippen LogP contribution is -1.94. The van der Waals surface area contributed by atoms with Gasteiger partial charge < -0.3 is 5.11 Å². The largest absolute Gasteiger partial charge is 0.478 e. The summed E-state index contributed by atoms with van der Waals surface area (Å²) in [6.07, 6.45) is 1.65. The lowest BCUT2D eigenvalue weighted by molar-refractivity contribution is 0.0697. The predicted molar refractivity (Wildman–Crippen MR) is 50.3 cm³/mol. The number of hydrogen-bond donors (Lipinski definition) is 2. The normalized spacial score (nSPS) is 9.54. The molecule has 0 bridgehead atoms. The molecule has 0 radical (unpaired) electrons. The maximum Gasteiger partial charge on any atom is 0.335 e. The van der Waals surface area contributed by atoms with Crippen LogP contribution in [-0.2, 0) is 0 Å². The Morgan fingerprint density at radius 1 is 1.46 bits per heavy atom. The van der Waals surface area contributed by atoms with E-state index in [9.17, 15) is 4.79 Å². The van der Waals surface area contributed by atoms with E-state index in [1.54, 1.807) is 24.4 Å². The first-order valence-electron chi connectivity index (χ1n) is 3.44. The molecule has 2 rings (SSSR count). The van der Waals surface area contributed by atoms with Crippen molar-refractivity contribution in [3.05, 3.63) is 30.0 Å². The molecule has 0 fully saturated rings. The molecule has 2 N–H and O–H groups in total. The van der Waals surface area contributed by atoms with Crippen molar-refractivity contribution in [2.45, 2.75) is 0 Å². The molecule has 0 saturated heterocycles. The number of benzene rings is 1. The van der Waals surface area contributed by atoms with Crippen molar-refractivity contribution in [3.8, 4) is 0 Å². The van der Waals surface area contributed by atoms with Crippen LogP contribution in [0.5, 0.6) is 0 Å². The van der Waals surface area contributed by atoms with Crippen LogP contribution in [0, 0.1) is 0 Å². The maximum absolute atomic E-state index is 10.5. The van der Waals surface area contributed by atoms with Gasteiger partial charge in [-0.05, 0) is 12.1 Å². The summed E-state index contributed by atoms with van der Waals surface area (Å²) in [5.41, 5.74) is 1.02. The molecule has 1 aromatic heterocycles. The summed E-state index contributed by atoms with van der Waals surface area (Å²) in [6.45, 7) is 0. The molecule has 2 aromatic rings. The molecule has 0 unspecified atom stereocenters. The molecule has 0 aliphatic carbocycles. The third-order valence-electron chi connectivity index (χ3n) is 1.69. The topological polar surface area (TPSA) is 66.0 Å². The maximum atomic E-state index is 10.5. The number of halogens is 1. The van der Waals surface area contributed by atoms with Crippen LogP contribution in [0.4, 0.5) is 0 Å². The molecule has 0 atom stereocenters. The van der Waals surface area contributed by atoms with Crippen molar-refractivity contribution < 1.29 is 9.90 Å². The average Bonchev–Trinajstić information content (AvgIpc) is 2.49. The van der Waals surface area contributed by atoms with E-state index >= 15 is 0 Å². The molecule has 1 aromatic carbocycles. The number of hydrogen-bond acceptors (Lipinski definition) is 2. The zero-order chi connectivity index (χ0) is 8.55.